The maximum atomic E-state index is 13.2. The van der Waals surface area contributed by atoms with Gasteiger partial charge in [-0.2, -0.15) is 0 Å². The molecule has 98 valence electrons. The third-order valence-electron chi connectivity index (χ3n) is 3.02. The molecule has 0 saturated carbocycles. The zero-order valence-corrected chi connectivity index (χ0v) is 10.9. The van der Waals surface area contributed by atoms with E-state index in [0.717, 1.165) is 5.56 Å². The van der Waals surface area contributed by atoms with E-state index in [9.17, 15) is 9.18 Å². The second-order valence-corrected chi connectivity index (χ2v) is 4.35. The van der Waals surface area contributed by atoms with Crippen LogP contribution < -0.4 is 0 Å². The molecule has 0 aliphatic heterocycles. The van der Waals surface area contributed by atoms with E-state index in [4.69, 9.17) is 4.74 Å². The van der Waals surface area contributed by atoms with Crippen molar-refractivity contribution in [2.75, 3.05) is 7.11 Å². The minimum Gasteiger partial charge on any atom is -0.369 e. The Bertz CT molecular complexity index is 579. The second kappa shape index (κ2) is 5.76. The number of halogens is 1. The Morgan fingerprint density at radius 3 is 2.42 bits per heavy atom. The molecule has 0 saturated heterocycles. The molecule has 3 heteroatoms. The molecule has 0 radical (unpaired) electrons. The molecular weight excluding hydrogens is 243 g/mol. The van der Waals surface area contributed by atoms with Crippen LogP contribution in [-0.2, 0) is 4.74 Å². The predicted molar refractivity (Wildman–Crippen MR) is 71.7 cm³/mol. The van der Waals surface area contributed by atoms with Gasteiger partial charge in [0.1, 0.15) is 11.9 Å². The number of methoxy groups -OCH3 is 1. The molecular formula is C16H15FO2. The average molecular weight is 258 g/mol. The largest absolute Gasteiger partial charge is 0.369 e. The molecule has 0 aliphatic rings. The quantitative estimate of drug-likeness (QED) is 0.781. The lowest BCUT2D eigenvalue weighted by Gasteiger charge is -2.15. The lowest BCUT2D eigenvalue weighted by molar-refractivity contribution is 0.0604. The molecule has 0 heterocycles. The highest BCUT2D eigenvalue weighted by atomic mass is 19.1. The molecule has 2 rings (SSSR count). The molecule has 0 fully saturated rings. The van der Waals surface area contributed by atoms with Gasteiger partial charge in [0.2, 0.25) is 0 Å². The summed E-state index contributed by atoms with van der Waals surface area (Å²) < 4.78 is 18.5. The zero-order chi connectivity index (χ0) is 13.8. The number of ether oxygens (including phenoxy) is 1. The fourth-order valence-electron chi connectivity index (χ4n) is 1.97. The van der Waals surface area contributed by atoms with Gasteiger partial charge in [-0.25, -0.2) is 4.39 Å². The van der Waals surface area contributed by atoms with Gasteiger partial charge in [0.05, 0.1) is 0 Å². The highest BCUT2D eigenvalue weighted by Gasteiger charge is 2.21. The predicted octanol–water partition coefficient (Wildman–Crippen LogP) is 3.70. The van der Waals surface area contributed by atoms with Crippen LogP contribution in [0.2, 0.25) is 0 Å². The van der Waals surface area contributed by atoms with Crippen LogP contribution in [0.15, 0.2) is 48.5 Å². The van der Waals surface area contributed by atoms with Gasteiger partial charge in [-0.1, -0.05) is 30.3 Å². The minimum absolute atomic E-state index is 0.170. The monoisotopic (exact) mass is 258 g/mol. The highest BCUT2D eigenvalue weighted by molar-refractivity contribution is 6.00. The van der Waals surface area contributed by atoms with E-state index >= 15 is 0 Å². The van der Waals surface area contributed by atoms with Gasteiger partial charge in [-0.05, 0) is 36.2 Å². The van der Waals surface area contributed by atoms with E-state index in [1.54, 1.807) is 13.0 Å². The molecule has 2 nitrogen and oxygen atoms in total. The summed E-state index contributed by atoms with van der Waals surface area (Å²) in [5.41, 5.74) is 1.69. The first-order chi connectivity index (χ1) is 9.13. The average Bonchev–Trinajstić information content (AvgIpc) is 2.44. The molecule has 0 spiro atoms. The Balaban J connectivity index is 2.33. The highest BCUT2D eigenvalue weighted by Crippen LogP contribution is 2.22. The summed E-state index contributed by atoms with van der Waals surface area (Å²) in [5.74, 6) is -0.484. The van der Waals surface area contributed by atoms with Crippen molar-refractivity contribution in [1.29, 1.82) is 0 Å². The molecule has 0 aromatic heterocycles. The number of carbonyl (C=O) groups is 1. The van der Waals surface area contributed by atoms with Crippen molar-refractivity contribution in [2.24, 2.45) is 0 Å². The number of aryl methyl sites for hydroxylation is 1. The molecule has 19 heavy (non-hydrogen) atoms. The summed E-state index contributed by atoms with van der Waals surface area (Å²) in [5, 5.41) is 0. The van der Waals surface area contributed by atoms with Gasteiger partial charge in [-0.3, -0.25) is 4.79 Å². The lowest BCUT2D eigenvalue weighted by atomic mass is 9.98. The van der Waals surface area contributed by atoms with Crippen LogP contribution in [0, 0.1) is 12.7 Å². The maximum Gasteiger partial charge on any atom is 0.196 e. The molecule has 1 atom stereocenters. The number of benzene rings is 2. The van der Waals surface area contributed by atoms with E-state index in [1.807, 2.05) is 30.3 Å². The van der Waals surface area contributed by atoms with E-state index in [-0.39, 0.29) is 11.6 Å². The topological polar surface area (TPSA) is 26.3 Å². The van der Waals surface area contributed by atoms with Crippen molar-refractivity contribution < 1.29 is 13.9 Å². The molecule has 0 amide bonds. The van der Waals surface area contributed by atoms with Crippen molar-refractivity contribution in [3.63, 3.8) is 0 Å². The molecule has 2 aromatic rings. The number of rotatable bonds is 4. The first kappa shape index (κ1) is 13.4. The van der Waals surface area contributed by atoms with Crippen LogP contribution in [0.1, 0.15) is 27.6 Å². The summed E-state index contributed by atoms with van der Waals surface area (Å²) in [7, 11) is 1.49. The number of hydrogen-bond acceptors (Lipinski definition) is 2. The molecule has 0 bridgehead atoms. The Hall–Kier alpha value is -2.00. The molecule has 2 aromatic carbocycles. The SMILES string of the molecule is COC(C(=O)c1ccc(F)c(C)c1)c1ccccc1. The van der Waals surface area contributed by atoms with Crippen LogP contribution in [0.25, 0.3) is 0 Å². The number of ketones is 1. The van der Waals surface area contributed by atoms with Gasteiger partial charge in [0.25, 0.3) is 0 Å². The van der Waals surface area contributed by atoms with Crippen LogP contribution in [0.4, 0.5) is 4.39 Å². The van der Waals surface area contributed by atoms with Gasteiger partial charge >= 0.3 is 0 Å². The molecule has 0 aliphatic carbocycles. The summed E-state index contributed by atoms with van der Waals surface area (Å²) in [4.78, 5) is 12.4. The number of carbonyl (C=O) groups excluding carboxylic acids is 1. The van der Waals surface area contributed by atoms with Crippen molar-refractivity contribution in [3.05, 3.63) is 71.0 Å². The van der Waals surface area contributed by atoms with E-state index in [0.29, 0.717) is 11.1 Å². The number of Topliss-reactive ketones (excluding diaryl/α,β-unsaturated/α-hetero) is 1. The zero-order valence-electron chi connectivity index (χ0n) is 10.9. The van der Waals surface area contributed by atoms with Gasteiger partial charge in [-0.15, -0.1) is 0 Å². The number of hydrogen-bond donors (Lipinski definition) is 0. The van der Waals surface area contributed by atoms with Crippen LogP contribution in [0.5, 0.6) is 0 Å². The Kier molecular flexibility index (Phi) is 4.07. The van der Waals surface area contributed by atoms with Crippen LogP contribution in [-0.4, -0.2) is 12.9 Å². The summed E-state index contributed by atoms with van der Waals surface area (Å²) in [6.45, 7) is 1.64. The second-order valence-electron chi connectivity index (χ2n) is 4.35. The standard InChI is InChI=1S/C16H15FO2/c1-11-10-13(8-9-14(11)17)15(18)16(19-2)12-6-4-3-5-7-12/h3-10,16H,1-2H3. The minimum atomic E-state index is -0.661. The van der Waals surface area contributed by atoms with Gasteiger partial charge < -0.3 is 4.74 Å². The summed E-state index contributed by atoms with van der Waals surface area (Å²) in [6, 6.07) is 13.6. The first-order valence-electron chi connectivity index (χ1n) is 6.01. The smallest absolute Gasteiger partial charge is 0.196 e. The molecule has 0 N–H and O–H groups in total. The van der Waals surface area contributed by atoms with E-state index in [1.165, 1.54) is 19.2 Å². The normalized spacial score (nSPS) is 12.2. The molecule has 1 unspecified atom stereocenters. The Morgan fingerprint density at radius 2 is 1.84 bits per heavy atom. The van der Waals surface area contributed by atoms with Crippen molar-refractivity contribution in [1.82, 2.24) is 0 Å². The fourth-order valence-corrected chi connectivity index (χ4v) is 1.97. The third kappa shape index (κ3) is 2.88. The lowest BCUT2D eigenvalue weighted by Crippen LogP contribution is -2.15. The van der Waals surface area contributed by atoms with Gasteiger partial charge in [0, 0.05) is 12.7 Å². The van der Waals surface area contributed by atoms with Crippen LogP contribution >= 0.6 is 0 Å². The van der Waals surface area contributed by atoms with Crippen molar-refractivity contribution in [2.45, 2.75) is 13.0 Å². The Morgan fingerprint density at radius 1 is 1.16 bits per heavy atom. The van der Waals surface area contributed by atoms with Gasteiger partial charge in [0.15, 0.2) is 5.78 Å². The Labute approximate surface area is 111 Å². The first-order valence-corrected chi connectivity index (χ1v) is 6.01. The van der Waals surface area contributed by atoms with E-state index in [2.05, 4.69) is 0 Å². The fraction of sp³-hybridized carbons (Fsp3) is 0.188. The van der Waals surface area contributed by atoms with E-state index < -0.39 is 6.10 Å². The summed E-state index contributed by atoms with van der Waals surface area (Å²) >= 11 is 0. The van der Waals surface area contributed by atoms with Crippen molar-refractivity contribution >= 4 is 5.78 Å². The van der Waals surface area contributed by atoms with Crippen molar-refractivity contribution in [3.8, 4) is 0 Å². The maximum absolute atomic E-state index is 13.2. The third-order valence-corrected chi connectivity index (χ3v) is 3.02. The summed E-state index contributed by atoms with van der Waals surface area (Å²) in [6.07, 6.45) is -0.661. The van der Waals surface area contributed by atoms with Crippen LogP contribution in [0.3, 0.4) is 0 Å².